The third-order valence-corrected chi connectivity index (χ3v) is 3.15. The normalized spacial score (nSPS) is 10.3. The van der Waals surface area contributed by atoms with Crippen molar-refractivity contribution in [3.05, 3.63) is 48.0 Å². The maximum absolute atomic E-state index is 11.5. The molecule has 25 heavy (non-hydrogen) atoms. The van der Waals surface area contributed by atoms with E-state index in [-0.39, 0.29) is 23.7 Å². The van der Waals surface area contributed by atoms with Crippen molar-refractivity contribution in [3.63, 3.8) is 0 Å². The molecule has 0 aliphatic rings. The van der Waals surface area contributed by atoms with Crippen LogP contribution in [0.15, 0.2) is 42.5 Å². The summed E-state index contributed by atoms with van der Waals surface area (Å²) in [5.74, 6) is -0.319. The molecule has 0 spiro atoms. The van der Waals surface area contributed by atoms with E-state index in [4.69, 9.17) is 24.0 Å². The zero-order valence-corrected chi connectivity index (χ0v) is 14.1. The van der Waals surface area contributed by atoms with Crippen molar-refractivity contribution in [2.75, 3.05) is 26.9 Å². The fourth-order valence-electron chi connectivity index (χ4n) is 2.00. The number of carbonyl (C=O) groups is 1. The van der Waals surface area contributed by atoms with Crippen LogP contribution in [-0.2, 0) is 9.62 Å². The highest BCUT2D eigenvalue weighted by Gasteiger charge is 2.23. The van der Waals surface area contributed by atoms with Gasteiger partial charge >= 0.3 is 5.97 Å². The average molecular weight is 348 g/mol. The molecule has 2 aromatic rings. The molecular weight excluding hydrogens is 328 g/mol. The Bertz CT molecular complexity index is 685. The quantitative estimate of drug-likeness (QED) is 0.399. The first-order chi connectivity index (χ1) is 12.2. The first-order valence-electron chi connectivity index (χ1n) is 7.71. The molecule has 134 valence electrons. The number of carboxylic acid groups (broad SMARTS) is 1. The maximum atomic E-state index is 11.5. The molecular formula is C18H20O7. The van der Waals surface area contributed by atoms with Gasteiger partial charge in [0.1, 0.15) is 17.9 Å². The third kappa shape index (κ3) is 5.10. The lowest BCUT2D eigenvalue weighted by Crippen LogP contribution is -2.10. The summed E-state index contributed by atoms with van der Waals surface area (Å²) >= 11 is 0. The molecule has 0 fully saturated rings. The second kappa shape index (κ2) is 9.51. The molecule has 0 aliphatic carbocycles. The van der Waals surface area contributed by atoms with Crippen molar-refractivity contribution in [1.29, 1.82) is 0 Å². The number of hydrogen-bond acceptors (Lipinski definition) is 6. The summed E-state index contributed by atoms with van der Waals surface area (Å²) in [4.78, 5) is 21.8. The van der Waals surface area contributed by atoms with Gasteiger partial charge in [-0.05, 0) is 31.2 Å². The fraction of sp³-hybridized carbons (Fsp3) is 0.278. The lowest BCUT2D eigenvalue weighted by Gasteiger charge is -2.16. The standard InChI is InChI=1S/C18H20O7/c1-3-22-11-12-23-25-16-14(18(19)20)9-10-15(21-2)17(16)24-13-7-5-4-6-8-13/h4-10H,3,11-12H2,1-2H3,(H,19,20). The SMILES string of the molecule is CCOCCOOc1c(C(=O)O)ccc(OC)c1Oc1ccccc1. The van der Waals surface area contributed by atoms with Crippen molar-refractivity contribution in [2.24, 2.45) is 0 Å². The van der Waals surface area contributed by atoms with Crippen LogP contribution in [0, 0.1) is 0 Å². The van der Waals surface area contributed by atoms with E-state index in [1.165, 1.54) is 19.2 Å². The highest BCUT2D eigenvalue weighted by molar-refractivity contribution is 5.92. The minimum atomic E-state index is -1.18. The van der Waals surface area contributed by atoms with Crippen LogP contribution in [0.4, 0.5) is 0 Å². The molecule has 0 bridgehead atoms. The van der Waals surface area contributed by atoms with Crippen molar-refractivity contribution in [3.8, 4) is 23.0 Å². The summed E-state index contributed by atoms with van der Waals surface area (Å²) in [5.41, 5.74) is -0.108. The number of para-hydroxylation sites is 1. The highest BCUT2D eigenvalue weighted by atomic mass is 17.2. The summed E-state index contributed by atoms with van der Waals surface area (Å²) in [5, 5.41) is 9.40. The summed E-state index contributed by atoms with van der Waals surface area (Å²) < 4.78 is 16.2. The molecule has 0 atom stereocenters. The molecule has 0 amide bonds. The number of aromatic carboxylic acids is 1. The second-order valence-corrected chi connectivity index (χ2v) is 4.80. The number of hydrogen-bond donors (Lipinski definition) is 1. The lowest BCUT2D eigenvalue weighted by molar-refractivity contribution is -0.215. The Balaban J connectivity index is 2.32. The monoisotopic (exact) mass is 348 g/mol. The Labute approximate surface area is 145 Å². The van der Waals surface area contributed by atoms with Gasteiger partial charge in [-0.1, -0.05) is 18.2 Å². The predicted octanol–water partition coefficient (Wildman–Crippen LogP) is 3.53. The van der Waals surface area contributed by atoms with Crippen LogP contribution in [0.3, 0.4) is 0 Å². The molecule has 7 nitrogen and oxygen atoms in total. The van der Waals surface area contributed by atoms with Gasteiger partial charge in [-0.15, -0.1) is 0 Å². The number of benzene rings is 2. The molecule has 0 saturated heterocycles. The molecule has 1 N–H and O–H groups in total. The lowest BCUT2D eigenvalue weighted by atomic mass is 10.1. The van der Waals surface area contributed by atoms with Crippen LogP contribution in [0.25, 0.3) is 0 Å². The number of carboxylic acids is 1. The minimum absolute atomic E-state index is 0.0767. The summed E-state index contributed by atoms with van der Waals surface area (Å²) in [6, 6.07) is 11.7. The average Bonchev–Trinajstić information content (AvgIpc) is 2.63. The summed E-state index contributed by atoms with van der Waals surface area (Å²) in [6.07, 6.45) is 0. The van der Waals surface area contributed by atoms with Crippen LogP contribution in [0.2, 0.25) is 0 Å². The van der Waals surface area contributed by atoms with Gasteiger partial charge in [0.05, 0.1) is 13.7 Å². The van der Waals surface area contributed by atoms with Gasteiger partial charge in [-0.2, -0.15) is 4.89 Å². The fourth-order valence-corrected chi connectivity index (χ4v) is 2.00. The van der Waals surface area contributed by atoms with Gasteiger partial charge < -0.3 is 24.2 Å². The van der Waals surface area contributed by atoms with E-state index in [1.807, 2.05) is 13.0 Å². The van der Waals surface area contributed by atoms with Gasteiger partial charge in [-0.25, -0.2) is 4.79 Å². The zero-order chi connectivity index (χ0) is 18.1. The molecule has 2 rings (SSSR count). The summed E-state index contributed by atoms with van der Waals surface area (Å²) in [7, 11) is 1.45. The third-order valence-electron chi connectivity index (χ3n) is 3.15. The Hall–Kier alpha value is -2.77. The molecule has 7 heteroatoms. The Morgan fingerprint density at radius 3 is 2.44 bits per heavy atom. The smallest absolute Gasteiger partial charge is 0.339 e. The molecule has 0 radical (unpaired) electrons. The van der Waals surface area contributed by atoms with E-state index < -0.39 is 5.97 Å². The van der Waals surface area contributed by atoms with Crippen LogP contribution >= 0.6 is 0 Å². The summed E-state index contributed by atoms with van der Waals surface area (Å²) in [6.45, 7) is 2.86. The Morgan fingerprint density at radius 1 is 1.04 bits per heavy atom. The Morgan fingerprint density at radius 2 is 1.80 bits per heavy atom. The maximum Gasteiger partial charge on any atom is 0.339 e. The van der Waals surface area contributed by atoms with Crippen molar-refractivity contribution >= 4 is 5.97 Å². The van der Waals surface area contributed by atoms with Crippen LogP contribution in [0.1, 0.15) is 17.3 Å². The first-order valence-corrected chi connectivity index (χ1v) is 7.71. The minimum Gasteiger partial charge on any atom is -0.493 e. The molecule has 0 aliphatic heterocycles. The zero-order valence-electron chi connectivity index (χ0n) is 14.1. The van der Waals surface area contributed by atoms with Crippen LogP contribution in [-0.4, -0.2) is 38.0 Å². The van der Waals surface area contributed by atoms with Crippen molar-refractivity contribution in [2.45, 2.75) is 6.92 Å². The van der Waals surface area contributed by atoms with Gasteiger partial charge in [0.15, 0.2) is 5.75 Å². The van der Waals surface area contributed by atoms with E-state index >= 15 is 0 Å². The number of methoxy groups -OCH3 is 1. The molecule has 0 heterocycles. The largest absolute Gasteiger partial charge is 0.493 e. The van der Waals surface area contributed by atoms with E-state index in [9.17, 15) is 9.90 Å². The molecule has 2 aromatic carbocycles. The number of rotatable bonds is 10. The van der Waals surface area contributed by atoms with E-state index in [0.717, 1.165) is 0 Å². The van der Waals surface area contributed by atoms with Crippen molar-refractivity contribution < 1.29 is 33.9 Å². The number of ether oxygens (including phenoxy) is 3. The van der Waals surface area contributed by atoms with Gasteiger partial charge in [0.2, 0.25) is 11.5 Å². The van der Waals surface area contributed by atoms with Crippen molar-refractivity contribution in [1.82, 2.24) is 0 Å². The van der Waals surface area contributed by atoms with Crippen LogP contribution in [0.5, 0.6) is 23.0 Å². The van der Waals surface area contributed by atoms with E-state index in [2.05, 4.69) is 0 Å². The Kier molecular flexibility index (Phi) is 7.06. The molecule has 0 unspecified atom stereocenters. The highest BCUT2D eigenvalue weighted by Crippen LogP contribution is 2.42. The molecule has 0 aromatic heterocycles. The van der Waals surface area contributed by atoms with Gasteiger partial charge in [0, 0.05) is 6.61 Å². The second-order valence-electron chi connectivity index (χ2n) is 4.80. The van der Waals surface area contributed by atoms with E-state index in [0.29, 0.717) is 24.7 Å². The first kappa shape index (κ1) is 18.6. The predicted molar refractivity (Wildman–Crippen MR) is 89.5 cm³/mol. The van der Waals surface area contributed by atoms with Crippen LogP contribution < -0.4 is 14.4 Å². The van der Waals surface area contributed by atoms with Gasteiger partial charge in [0.25, 0.3) is 0 Å². The topological polar surface area (TPSA) is 83.5 Å². The molecule has 0 saturated carbocycles. The van der Waals surface area contributed by atoms with E-state index in [1.54, 1.807) is 24.3 Å². The van der Waals surface area contributed by atoms with Gasteiger partial charge in [-0.3, -0.25) is 0 Å².